The average molecular weight is 508 g/mol. The zero-order valence-electron chi connectivity index (χ0n) is 15.8. The van der Waals surface area contributed by atoms with Gasteiger partial charge < -0.3 is 0 Å². The molecule has 31 heavy (non-hydrogen) atoms. The first-order valence-electron chi connectivity index (χ1n) is 9.12. The molecule has 0 aliphatic heterocycles. The first-order chi connectivity index (χ1) is 14.8. The summed E-state index contributed by atoms with van der Waals surface area (Å²) in [7, 11) is -3.96. The summed E-state index contributed by atoms with van der Waals surface area (Å²) in [4.78, 5) is 0.231. The maximum Gasteiger partial charge on any atom is 0.207 e. The Morgan fingerprint density at radius 1 is 0.484 bits per heavy atom. The first-order valence-corrected chi connectivity index (χ1v) is 12.1. The molecule has 0 aliphatic rings. The van der Waals surface area contributed by atoms with E-state index in [-0.39, 0.29) is 9.79 Å². The van der Waals surface area contributed by atoms with Crippen LogP contribution in [-0.2, 0) is 9.84 Å². The van der Waals surface area contributed by atoms with Crippen LogP contribution in [0.3, 0.4) is 0 Å². The zero-order valence-corrected chi connectivity index (χ0v) is 19.7. The lowest BCUT2D eigenvalue weighted by atomic mass is 10.1. The lowest BCUT2D eigenvalue weighted by Gasteiger charge is -2.15. The van der Waals surface area contributed by atoms with Gasteiger partial charge in [-0.3, -0.25) is 0 Å². The van der Waals surface area contributed by atoms with Crippen molar-refractivity contribution >= 4 is 56.2 Å². The second-order valence-corrected chi connectivity index (χ2v) is 10.4. The molecule has 4 aromatic carbocycles. The molecule has 0 atom stereocenters. The molecule has 0 aliphatic carbocycles. The van der Waals surface area contributed by atoms with Gasteiger partial charge in [-0.1, -0.05) is 70.7 Å². The number of halogens is 4. The van der Waals surface area contributed by atoms with Crippen molar-refractivity contribution in [2.24, 2.45) is 0 Å². The van der Waals surface area contributed by atoms with Gasteiger partial charge in [-0.2, -0.15) is 0 Å². The third-order valence-electron chi connectivity index (χ3n) is 4.73. The van der Waals surface area contributed by atoms with E-state index in [0.717, 1.165) is 0 Å². The van der Waals surface area contributed by atoms with E-state index in [1.165, 1.54) is 12.1 Å². The summed E-state index contributed by atoms with van der Waals surface area (Å²) in [6, 6.07) is 23.3. The zero-order chi connectivity index (χ0) is 22.2. The van der Waals surface area contributed by atoms with Crippen molar-refractivity contribution in [3.63, 3.8) is 0 Å². The Morgan fingerprint density at radius 3 is 1.26 bits per heavy atom. The molecule has 4 aromatic rings. The molecule has 156 valence electrons. The molecule has 0 fully saturated rings. The van der Waals surface area contributed by atoms with E-state index in [1.807, 2.05) is 0 Å². The van der Waals surface area contributed by atoms with Crippen LogP contribution in [0.5, 0.6) is 0 Å². The van der Waals surface area contributed by atoms with Gasteiger partial charge >= 0.3 is 0 Å². The maximum atomic E-state index is 13.9. The molecule has 2 nitrogen and oxygen atoms in total. The molecule has 0 unspecified atom stereocenters. The average Bonchev–Trinajstić information content (AvgIpc) is 2.73. The topological polar surface area (TPSA) is 34.1 Å². The molecule has 0 bridgehead atoms. The molecular weight excluding hydrogens is 494 g/mol. The Hall–Kier alpha value is -2.01. The molecule has 0 amide bonds. The Bertz CT molecular complexity index is 1300. The van der Waals surface area contributed by atoms with Crippen molar-refractivity contribution in [1.29, 1.82) is 0 Å². The predicted molar refractivity (Wildman–Crippen MR) is 129 cm³/mol. The van der Waals surface area contributed by atoms with Crippen LogP contribution in [0.1, 0.15) is 0 Å². The molecule has 0 saturated carbocycles. The van der Waals surface area contributed by atoms with Crippen LogP contribution < -0.4 is 0 Å². The molecule has 0 spiro atoms. The third kappa shape index (κ3) is 4.62. The standard InChI is InChI=1S/C24H14Cl4O2S/c25-17-5-1-3-15(11-17)21-13-19(27)7-9-23(21)31(29,30)24-10-8-20(28)14-22(24)16-4-2-6-18(26)12-16/h1-14H. The van der Waals surface area contributed by atoms with E-state index in [2.05, 4.69) is 0 Å². The molecular formula is C24H14Cl4O2S. The summed E-state index contributed by atoms with van der Waals surface area (Å²) in [5.74, 6) is 0. The van der Waals surface area contributed by atoms with Gasteiger partial charge in [0.15, 0.2) is 0 Å². The van der Waals surface area contributed by atoms with Crippen molar-refractivity contribution in [3.05, 3.63) is 105 Å². The summed E-state index contributed by atoms with van der Waals surface area (Å²) in [6.07, 6.45) is 0. The molecule has 7 heteroatoms. The monoisotopic (exact) mass is 506 g/mol. The minimum Gasteiger partial charge on any atom is -0.218 e. The lowest BCUT2D eigenvalue weighted by molar-refractivity contribution is 0.596. The number of sulfone groups is 1. The fraction of sp³-hybridized carbons (Fsp3) is 0. The van der Waals surface area contributed by atoms with Crippen LogP contribution in [0, 0.1) is 0 Å². The maximum absolute atomic E-state index is 13.9. The van der Waals surface area contributed by atoms with E-state index in [1.54, 1.807) is 72.8 Å². The van der Waals surface area contributed by atoms with Crippen molar-refractivity contribution < 1.29 is 8.42 Å². The summed E-state index contributed by atoms with van der Waals surface area (Å²) < 4.78 is 27.7. The van der Waals surface area contributed by atoms with Crippen LogP contribution >= 0.6 is 46.4 Å². The minimum absolute atomic E-state index is 0.116. The summed E-state index contributed by atoms with van der Waals surface area (Å²) >= 11 is 24.7. The summed E-state index contributed by atoms with van der Waals surface area (Å²) in [6.45, 7) is 0. The first kappa shape index (κ1) is 22.2. The van der Waals surface area contributed by atoms with Crippen LogP contribution in [0.2, 0.25) is 20.1 Å². The SMILES string of the molecule is O=S(=O)(c1ccc(Cl)cc1-c1cccc(Cl)c1)c1ccc(Cl)cc1-c1cccc(Cl)c1. The molecule has 0 aromatic heterocycles. The van der Waals surface area contributed by atoms with Gasteiger partial charge in [0.25, 0.3) is 0 Å². The quantitative estimate of drug-likeness (QED) is 0.277. The Morgan fingerprint density at radius 2 is 0.871 bits per heavy atom. The predicted octanol–water partition coefficient (Wildman–Crippen LogP) is 8.47. The van der Waals surface area contributed by atoms with E-state index >= 15 is 0 Å². The highest BCUT2D eigenvalue weighted by atomic mass is 35.5. The lowest BCUT2D eigenvalue weighted by Crippen LogP contribution is -2.06. The number of rotatable bonds is 4. The van der Waals surface area contributed by atoms with E-state index in [0.29, 0.717) is 42.3 Å². The normalized spacial score (nSPS) is 11.5. The Kier molecular flexibility index (Phi) is 6.34. The number of hydrogen-bond acceptors (Lipinski definition) is 2. The van der Waals surface area contributed by atoms with Crippen molar-refractivity contribution in [2.75, 3.05) is 0 Å². The van der Waals surface area contributed by atoms with Gasteiger partial charge in [0.2, 0.25) is 9.84 Å². The molecule has 0 N–H and O–H groups in total. The highest BCUT2D eigenvalue weighted by Gasteiger charge is 2.26. The van der Waals surface area contributed by atoms with Gasteiger partial charge in [0, 0.05) is 31.2 Å². The van der Waals surface area contributed by atoms with E-state index in [4.69, 9.17) is 46.4 Å². The highest BCUT2D eigenvalue weighted by molar-refractivity contribution is 7.91. The van der Waals surface area contributed by atoms with Crippen LogP contribution in [-0.4, -0.2) is 8.42 Å². The van der Waals surface area contributed by atoms with Crippen LogP contribution in [0.15, 0.2) is 94.7 Å². The smallest absolute Gasteiger partial charge is 0.207 e. The van der Waals surface area contributed by atoms with Gasteiger partial charge in [-0.05, 0) is 71.8 Å². The fourth-order valence-corrected chi connectivity index (χ4v) is 5.74. The molecule has 4 rings (SSSR count). The van der Waals surface area contributed by atoms with Gasteiger partial charge in [0.1, 0.15) is 0 Å². The van der Waals surface area contributed by atoms with Gasteiger partial charge in [0.05, 0.1) is 9.79 Å². The van der Waals surface area contributed by atoms with Gasteiger partial charge in [-0.25, -0.2) is 8.42 Å². The Labute approximate surface area is 200 Å². The molecule has 0 radical (unpaired) electrons. The van der Waals surface area contributed by atoms with Crippen molar-refractivity contribution in [2.45, 2.75) is 9.79 Å². The number of benzene rings is 4. The Balaban J connectivity index is 1.98. The van der Waals surface area contributed by atoms with Crippen molar-refractivity contribution in [1.82, 2.24) is 0 Å². The summed E-state index contributed by atoms with van der Waals surface area (Å²) in [5.41, 5.74) is 2.21. The summed E-state index contributed by atoms with van der Waals surface area (Å²) in [5, 5.41) is 1.82. The van der Waals surface area contributed by atoms with E-state index in [9.17, 15) is 8.42 Å². The van der Waals surface area contributed by atoms with Crippen LogP contribution in [0.4, 0.5) is 0 Å². The number of hydrogen-bond donors (Lipinski definition) is 0. The van der Waals surface area contributed by atoms with Crippen molar-refractivity contribution in [3.8, 4) is 22.3 Å². The fourth-order valence-electron chi connectivity index (χ4n) is 3.35. The van der Waals surface area contributed by atoms with Crippen LogP contribution in [0.25, 0.3) is 22.3 Å². The minimum atomic E-state index is -3.96. The molecule has 0 saturated heterocycles. The second kappa shape index (κ2) is 8.85. The highest BCUT2D eigenvalue weighted by Crippen LogP contribution is 2.39. The molecule has 0 heterocycles. The van der Waals surface area contributed by atoms with Gasteiger partial charge in [-0.15, -0.1) is 0 Å². The third-order valence-corrected chi connectivity index (χ3v) is 7.54. The second-order valence-electron chi connectivity index (χ2n) is 6.81. The van der Waals surface area contributed by atoms with E-state index < -0.39 is 9.84 Å². The largest absolute Gasteiger partial charge is 0.218 e.